The van der Waals surface area contributed by atoms with Crippen molar-refractivity contribution in [2.75, 3.05) is 11.5 Å². The Morgan fingerprint density at radius 2 is 2.00 bits per heavy atom. The monoisotopic (exact) mass is 287 g/mol. The van der Waals surface area contributed by atoms with Crippen LogP contribution in [0.4, 0.5) is 5.95 Å². The van der Waals surface area contributed by atoms with Crippen LogP contribution in [0.3, 0.4) is 0 Å². The molecule has 1 aromatic heterocycles. The lowest BCUT2D eigenvalue weighted by Crippen LogP contribution is -2.16. The molecule has 0 saturated heterocycles. The summed E-state index contributed by atoms with van der Waals surface area (Å²) in [6.45, 7) is 4.05. The van der Waals surface area contributed by atoms with Crippen molar-refractivity contribution in [2.45, 2.75) is 31.3 Å². The fraction of sp³-hybridized carbons (Fsp3) is 0.333. The predicted octanol–water partition coefficient (Wildman–Crippen LogP) is 2.77. The van der Waals surface area contributed by atoms with Crippen LogP contribution in [-0.2, 0) is 6.42 Å². The number of fused-ring (bicyclic) bond motifs is 1. The van der Waals surface area contributed by atoms with Gasteiger partial charge in [0.1, 0.15) is 6.10 Å². The Morgan fingerprint density at radius 3 is 2.75 bits per heavy atom. The van der Waals surface area contributed by atoms with Crippen LogP contribution in [0.15, 0.2) is 29.2 Å². The van der Waals surface area contributed by atoms with Gasteiger partial charge in [0.2, 0.25) is 11.8 Å². The predicted molar refractivity (Wildman–Crippen MR) is 81.2 cm³/mol. The van der Waals surface area contributed by atoms with Crippen LogP contribution < -0.4 is 10.5 Å². The molecule has 5 heteroatoms. The molecular weight excluding hydrogens is 270 g/mol. The van der Waals surface area contributed by atoms with Crippen molar-refractivity contribution < 1.29 is 4.74 Å². The number of nitrogen functional groups attached to an aromatic ring is 1. The van der Waals surface area contributed by atoms with Crippen LogP contribution >= 0.6 is 11.8 Å². The molecule has 0 spiro atoms. The molecular formula is C15H17N3OS. The van der Waals surface area contributed by atoms with Gasteiger partial charge in [0.05, 0.1) is 5.69 Å². The number of rotatable bonds is 3. The number of nitrogens with two attached hydrogens (primary N) is 1. The molecule has 0 fully saturated rings. The molecule has 1 atom stereocenters. The number of anilines is 1. The van der Waals surface area contributed by atoms with Gasteiger partial charge in [0, 0.05) is 22.6 Å². The summed E-state index contributed by atoms with van der Waals surface area (Å²) in [4.78, 5) is 9.62. The molecule has 0 amide bonds. The molecule has 0 saturated carbocycles. The molecule has 4 nitrogen and oxygen atoms in total. The van der Waals surface area contributed by atoms with E-state index in [0.29, 0.717) is 5.88 Å². The Hall–Kier alpha value is -1.75. The minimum atomic E-state index is 0.145. The summed E-state index contributed by atoms with van der Waals surface area (Å²) in [5, 5.41) is 0. The first-order valence-electron chi connectivity index (χ1n) is 6.61. The van der Waals surface area contributed by atoms with Crippen molar-refractivity contribution in [1.29, 1.82) is 0 Å². The maximum atomic E-state index is 5.86. The number of thioether (sulfide) groups is 1. The Kier molecular flexibility index (Phi) is 3.53. The van der Waals surface area contributed by atoms with Gasteiger partial charge in [-0.15, -0.1) is 11.8 Å². The highest BCUT2D eigenvalue weighted by Crippen LogP contribution is 2.31. The molecule has 104 valence electrons. The van der Waals surface area contributed by atoms with Crippen molar-refractivity contribution >= 4 is 17.7 Å². The van der Waals surface area contributed by atoms with E-state index < -0.39 is 0 Å². The first-order chi connectivity index (χ1) is 9.61. The van der Waals surface area contributed by atoms with E-state index in [9.17, 15) is 0 Å². The second-order valence-corrected chi connectivity index (χ2v) is 6.11. The number of ether oxygens (including phenoxy) is 1. The Morgan fingerprint density at radius 1 is 1.25 bits per heavy atom. The van der Waals surface area contributed by atoms with Gasteiger partial charge >= 0.3 is 0 Å². The molecule has 0 radical (unpaired) electrons. The fourth-order valence-electron chi connectivity index (χ4n) is 2.27. The number of hydrogen-bond donors (Lipinski definition) is 1. The molecule has 2 heterocycles. The molecule has 0 bridgehead atoms. The van der Waals surface area contributed by atoms with Gasteiger partial charge in [-0.1, -0.05) is 17.7 Å². The van der Waals surface area contributed by atoms with Gasteiger partial charge in [0.15, 0.2) is 0 Å². The molecule has 1 aliphatic rings. The van der Waals surface area contributed by atoms with Gasteiger partial charge in [-0.25, -0.2) is 4.98 Å². The summed E-state index contributed by atoms with van der Waals surface area (Å²) in [7, 11) is 0. The average molecular weight is 287 g/mol. The van der Waals surface area contributed by atoms with Crippen LogP contribution in [0.5, 0.6) is 5.88 Å². The van der Waals surface area contributed by atoms with Crippen LogP contribution in [0, 0.1) is 13.8 Å². The normalized spacial score (nSPS) is 16.8. The molecule has 1 unspecified atom stereocenters. The number of nitrogens with zero attached hydrogens (tertiary/aromatic N) is 2. The zero-order valence-electron chi connectivity index (χ0n) is 11.6. The third-order valence-corrected chi connectivity index (χ3v) is 4.50. The maximum absolute atomic E-state index is 5.86. The Labute approximate surface area is 122 Å². The van der Waals surface area contributed by atoms with Crippen LogP contribution in [0.25, 0.3) is 0 Å². The van der Waals surface area contributed by atoms with Crippen LogP contribution in [0.1, 0.15) is 16.8 Å². The Bertz CT molecular complexity index is 628. The molecule has 2 N–H and O–H groups in total. The van der Waals surface area contributed by atoms with Gasteiger partial charge in [-0.3, -0.25) is 0 Å². The molecule has 0 aliphatic carbocycles. The van der Waals surface area contributed by atoms with E-state index in [4.69, 9.17) is 10.5 Å². The minimum absolute atomic E-state index is 0.145. The fourth-order valence-corrected chi connectivity index (χ4v) is 3.16. The van der Waals surface area contributed by atoms with Gasteiger partial charge in [-0.2, -0.15) is 4.98 Å². The molecule has 20 heavy (non-hydrogen) atoms. The quantitative estimate of drug-likeness (QED) is 0.880. The third kappa shape index (κ3) is 2.72. The van der Waals surface area contributed by atoms with Gasteiger partial charge in [0.25, 0.3) is 0 Å². The minimum Gasteiger partial charge on any atom is -0.473 e. The van der Waals surface area contributed by atoms with E-state index in [1.54, 1.807) is 11.8 Å². The van der Waals surface area contributed by atoms with Crippen molar-refractivity contribution in [3.8, 4) is 5.88 Å². The maximum Gasteiger partial charge on any atom is 0.223 e. The van der Waals surface area contributed by atoms with Gasteiger partial charge < -0.3 is 10.5 Å². The second-order valence-electron chi connectivity index (χ2n) is 5.02. The van der Waals surface area contributed by atoms with E-state index in [0.717, 1.165) is 23.4 Å². The average Bonchev–Trinajstić information content (AvgIpc) is 2.81. The molecule has 3 rings (SSSR count). The summed E-state index contributed by atoms with van der Waals surface area (Å²) in [6, 6.07) is 8.54. The molecule has 2 aromatic rings. The highest BCUT2D eigenvalue weighted by atomic mass is 32.2. The van der Waals surface area contributed by atoms with E-state index in [1.165, 1.54) is 10.5 Å². The van der Waals surface area contributed by atoms with Crippen molar-refractivity contribution in [2.24, 2.45) is 0 Å². The van der Waals surface area contributed by atoms with Crippen molar-refractivity contribution in [3.63, 3.8) is 0 Å². The van der Waals surface area contributed by atoms with E-state index >= 15 is 0 Å². The lowest BCUT2D eigenvalue weighted by Gasteiger charge is -2.09. The second kappa shape index (κ2) is 5.32. The van der Waals surface area contributed by atoms with E-state index in [-0.39, 0.29) is 12.1 Å². The third-order valence-electron chi connectivity index (χ3n) is 3.36. The van der Waals surface area contributed by atoms with E-state index in [2.05, 4.69) is 41.2 Å². The lowest BCUT2D eigenvalue weighted by molar-refractivity contribution is 0.251. The smallest absolute Gasteiger partial charge is 0.223 e. The zero-order chi connectivity index (χ0) is 14.1. The SMILES string of the molecule is Cc1ccc(SCC2Cc3c(C)nc(N)nc3O2)cc1. The van der Waals surface area contributed by atoms with Crippen molar-refractivity contribution in [3.05, 3.63) is 41.1 Å². The zero-order valence-corrected chi connectivity index (χ0v) is 12.4. The summed E-state index contributed by atoms with van der Waals surface area (Å²) in [5.41, 5.74) is 8.94. The van der Waals surface area contributed by atoms with Crippen LogP contribution in [-0.4, -0.2) is 21.8 Å². The summed E-state index contributed by atoms with van der Waals surface area (Å²) < 4.78 is 5.86. The first kappa shape index (κ1) is 13.2. The highest BCUT2D eigenvalue weighted by Gasteiger charge is 2.27. The van der Waals surface area contributed by atoms with Crippen LogP contribution in [0.2, 0.25) is 0 Å². The summed E-state index contributed by atoms with van der Waals surface area (Å²) in [6.07, 6.45) is 1.01. The van der Waals surface area contributed by atoms with E-state index in [1.807, 2.05) is 6.92 Å². The lowest BCUT2D eigenvalue weighted by atomic mass is 10.1. The highest BCUT2D eigenvalue weighted by molar-refractivity contribution is 7.99. The number of hydrogen-bond acceptors (Lipinski definition) is 5. The summed E-state index contributed by atoms with van der Waals surface area (Å²) in [5.74, 6) is 1.84. The summed E-state index contributed by atoms with van der Waals surface area (Å²) >= 11 is 1.80. The number of benzene rings is 1. The molecule has 1 aliphatic heterocycles. The van der Waals surface area contributed by atoms with Crippen molar-refractivity contribution in [1.82, 2.24) is 9.97 Å². The standard InChI is InChI=1S/C15H17N3OS/c1-9-3-5-12(6-4-9)20-8-11-7-13-10(2)17-15(16)18-14(13)19-11/h3-6,11H,7-8H2,1-2H3,(H2,16,17,18). The van der Waals surface area contributed by atoms with Gasteiger partial charge in [-0.05, 0) is 26.0 Å². The number of aryl methyl sites for hydroxylation is 2. The topological polar surface area (TPSA) is 61.0 Å². The first-order valence-corrected chi connectivity index (χ1v) is 7.59. The Balaban J connectivity index is 1.64. The largest absolute Gasteiger partial charge is 0.473 e. The number of aromatic nitrogens is 2. The molecule has 1 aromatic carbocycles.